The SMILES string of the molecule is O=C(O)CCC/C=C\C[C@@H]1[C@@H](/C=C/[C@H](F)COc2cccc(C(F)(F)F)c2)[C@H](O)C[C@@H]1O. The highest BCUT2D eigenvalue weighted by Crippen LogP contribution is 2.36. The quantitative estimate of drug-likeness (QED) is 0.257. The monoisotopic (exact) mass is 460 g/mol. The summed E-state index contributed by atoms with van der Waals surface area (Å²) in [4.78, 5) is 10.5. The number of hydrogen-bond acceptors (Lipinski definition) is 4. The van der Waals surface area contributed by atoms with Gasteiger partial charge in [0.05, 0.1) is 17.8 Å². The van der Waals surface area contributed by atoms with Gasteiger partial charge < -0.3 is 20.1 Å². The third-order valence-electron chi connectivity index (χ3n) is 5.36. The smallest absolute Gasteiger partial charge is 0.416 e. The van der Waals surface area contributed by atoms with Gasteiger partial charge in [0.15, 0.2) is 6.17 Å². The van der Waals surface area contributed by atoms with Crippen molar-refractivity contribution >= 4 is 5.97 Å². The van der Waals surface area contributed by atoms with Gasteiger partial charge in [-0.3, -0.25) is 4.79 Å². The molecule has 0 heterocycles. The molecule has 1 aromatic rings. The number of halogens is 4. The summed E-state index contributed by atoms with van der Waals surface area (Å²) in [5.74, 6) is -1.78. The molecule has 0 spiro atoms. The molecule has 3 N–H and O–H groups in total. The van der Waals surface area contributed by atoms with Gasteiger partial charge in [0, 0.05) is 18.8 Å². The maximum Gasteiger partial charge on any atom is 0.416 e. The molecule has 0 unspecified atom stereocenters. The molecule has 0 radical (unpaired) electrons. The van der Waals surface area contributed by atoms with Gasteiger partial charge in [0.25, 0.3) is 0 Å². The lowest BCUT2D eigenvalue weighted by molar-refractivity contribution is -0.138. The molecule has 1 aliphatic carbocycles. The van der Waals surface area contributed by atoms with Crippen LogP contribution in [0.3, 0.4) is 0 Å². The molecular weight excluding hydrogens is 432 g/mol. The summed E-state index contributed by atoms with van der Waals surface area (Å²) in [6.07, 6.45) is 0.315. The molecule has 0 saturated heterocycles. The zero-order valence-electron chi connectivity index (χ0n) is 17.4. The number of unbranched alkanes of at least 4 members (excludes halogenated alkanes) is 1. The van der Waals surface area contributed by atoms with Crippen molar-refractivity contribution < 1.29 is 42.4 Å². The predicted molar refractivity (Wildman–Crippen MR) is 110 cm³/mol. The first-order valence-corrected chi connectivity index (χ1v) is 10.4. The van der Waals surface area contributed by atoms with E-state index in [1.165, 1.54) is 24.3 Å². The Labute approximate surface area is 184 Å². The molecule has 5 nitrogen and oxygen atoms in total. The van der Waals surface area contributed by atoms with Crippen molar-refractivity contribution in [3.05, 3.63) is 54.1 Å². The van der Waals surface area contributed by atoms with Crippen molar-refractivity contribution in [2.24, 2.45) is 11.8 Å². The van der Waals surface area contributed by atoms with Gasteiger partial charge in [-0.1, -0.05) is 30.4 Å². The summed E-state index contributed by atoms with van der Waals surface area (Å²) in [7, 11) is 0. The molecule has 9 heteroatoms. The first-order valence-electron chi connectivity index (χ1n) is 10.4. The molecule has 2 rings (SSSR count). The Morgan fingerprint density at radius 2 is 1.97 bits per heavy atom. The van der Waals surface area contributed by atoms with Crippen molar-refractivity contribution in [2.75, 3.05) is 6.61 Å². The fourth-order valence-electron chi connectivity index (χ4n) is 3.69. The molecule has 0 aromatic heterocycles. The molecule has 0 aliphatic heterocycles. The Balaban J connectivity index is 1.87. The summed E-state index contributed by atoms with van der Waals surface area (Å²) >= 11 is 0. The van der Waals surface area contributed by atoms with Gasteiger partial charge in [-0.15, -0.1) is 0 Å². The maximum atomic E-state index is 14.2. The highest BCUT2D eigenvalue weighted by molar-refractivity contribution is 5.66. The number of ether oxygens (including phenoxy) is 1. The summed E-state index contributed by atoms with van der Waals surface area (Å²) in [5.41, 5.74) is -0.886. The van der Waals surface area contributed by atoms with Gasteiger partial charge >= 0.3 is 12.1 Å². The van der Waals surface area contributed by atoms with E-state index in [-0.39, 0.29) is 24.5 Å². The maximum absolute atomic E-state index is 14.2. The summed E-state index contributed by atoms with van der Waals surface area (Å²) in [5, 5.41) is 29.0. The van der Waals surface area contributed by atoms with Crippen LogP contribution in [-0.4, -0.2) is 46.3 Å². The van der Waals surface area contributed by atoms with Crippen LogP contribution in [0.25, 0.3) is 0 Å². The standard InChI is InChI=1S/C23H28F4O5/c24-16(14-32-17-7-5-6-15(12-17)23(25,26)27)10-11-19-18(20(28)13-21(19)29)8-3-1-2-4-9-22(30)31/h1,3,5-7,10-12,16,18-21,28-29H,2,4,8-9,13-14H2,(H,30,31)/b3-1-,11-10+/t16-,18+,19+,20-,21+/m0/s1. The Kier molecular flexibility index (Phi) is 9.71. The first-order chi connectivity index (χ1) is 15.1. The molecule has 1 fully saturated rings. The number of allylic oxidation sites excluding steroid dienone is 2. The Morgan fingerprint density at radius 3 is 2.66 bits per heavy atom. The predicted octanol–water partition coefficient (Wildman–Crippen LogP) is 4.54. The third-order valence-corrected chi connectivity index (χ3v) is 5.36. The van der Waals surface area contributed by atoms with E-state index in [1.807, 2.05) is 12.2 Å². The number of alkyl halides is 4. The van der Waals surface area contributed by atoms with Crippen LogP contribution in [-0.2, 0) is 11.0 Å². The number of aliphatic hydroxyl groups is 2. The number of aliphatic carboxylic acids is 1. The molecule has 32 heavy (non-hydrogen) atoms. The largest absolute Gasteiger partial charge is 0.490 e. The summed E-state index contributed by atoms with van der Waals surface area (Å²) in [6.45, 7) is -0.489. The fourth-order valence-corrected chi connectivity index (χ4v) is 3.69. The number of carbonyl (C=O) groups is 1. The Bertz CT molecular complexity index is 793. The van der Waals surface area contributed by atoms with Crippen LogP contribution in [0.15, 0.2) is 48.6 Å². The molecule has 5 atom stereocenters. The number of carboxylic acids is 1. The van der Waals surface area contributed by atoms with E-state index in [0.29, 0.717) is 19.3 Å². The highest BCUT2D eigenvalue weighted by Gasteiger charge is 2.39. The second kappa shape index (κ2) is 12.0. The van der Waals surface area contributed by atoms with Gasteiger partial charge in [0.1, 0.15) is 12.4 Å². The fraction of sp³-hybridized carbons (Fsp3) is 0.522. The average molecular weight is 460 g/mol. The number of carboxylic acid groups (broad SMARTS) is 1. The second-order valence-corrected chi connectivity index (χ2v) is 7.84. The van der Waals surface area contributed by atoms with Crippen LogP contribution in [0.5, 0.6) is 5.75 Å². The van der Waals surface area contributed by atoms with Crippen molar-refractivity contribution in [3.8, 4) is 5.75 Å². The highest BCUT2D eigenvalue weighted by atomic mass is 19.4. The molecule has 0 amide bonds. The summed E-state index contributed by atoms with van der Waals surface area (Å²) < 4.78 is 57.6. The molecule has 0 bridgehead atoms. The second-order valence-electron chi connectivity index (χ2n) is 7.84. The topological polar surface area (TPSA) is 87.0 Å². The van der Waals surface area contributed by atoms with Crippen LogP contribution in [0.1, 0.15) is 37.7 Å². The van der Waals surface area contributed by atoms with Crippen molar-refractivity contribution in [1.82, 2.24) is 0 Å². The van der Waals surface area contributed by atoms with Crippen LogP contribution in [0.2, 0.25) is 0 Å². The lowest BCUT2D eigenvalue weighted by Crippen LogP contribution is -2.20. The van der Waals surface area contributed by atoms with Crippen LogP contribution in [0, 0.1) is 11.8 Å². The van der Waals surface area contributed by atoms with Crippen LogP contribution < -0.4 is 4.74 Å². The van der Waals surface area contributed by atoms with Gasteiger partial charge in [-0.2, -0.15) is 13.2 Å². The Hall–Kier alpha value is -2.39. The molecule has 1 aromatic carbocycles. The van der Waals surface area contributed by atoms with Crippen molar-refractivity contribution in [1.29, 1.82) is 0 Å². The number of hydrogen-bond donors (Lipinski definition) is 3. The Morgan fingerprint density at radius 1 is 1.22 bits per heavy atom. The minimum atomic E-state index is -4.52. The number of benzene rings is 1. The van der Waals surface area contributed by atoms with E-state index in [0.717, 1.165) is 12.1 Å². The third kappa shape index (κ3) is 8.27. The van der Waals surface area contributed by atoms with Crippen molar-refractivity contribution in [2.45, 2.75) is 56.7 Å². The van der Waals surface area contributed by atoms with E-state index in [9.17, 15) is 32.6 Å². The zero-order valence-corrected chi connectivity index (χ0v) is 17.4. The van der Waals surface area contributed by atoms with Gasteiger partial charge in [-0.05, 0) is 43.4 Å². The van der Waals surface area contributed by atoms with E-state index < -0.39 is 48.6 Å². The number of rotatable bonds is 11. The minimum absolute atomic E-state index is 0.0704. The van der Waals surface area contributed by atoms with E-state index in [2.05, 4.69) is 0 Å². The van der Waals surface area contributed by atoms with E-state index in [4.69, 9.17) is 9.84 Å². The average Bonchev–Trinajstić information content (AvgIpc) is 2.99. The first kappa shape index (κ1) is 25.9. The zero-order chi connectivity index (χ0) is 23.7. The lowest BCUT2D eigenvalue weighted by Gasteiger charge is -2.19. The summed E-state index contributed by atoms with van der Waals surface area (Å²) in [6, 6.07) is 4.18. The molecular formula is C23H28F4O5. The lowest BCUT2D eigenvalue weighted by atomic mass is 9.89. The van der Waals surface area contributed by atoms with E-state index >= 15 is 0 Å². The van der Waals surface area contributed by atoms with Crippen LogP contribution in [0.4, 0.5) is 17.6 Å². The number of aliphatic hydroxyl groups excluding tert-OH is 2. The van der Waals surface area contributed by atoms with E-state index in [1.54, 1.807) is 0 Å². The minimum Gasteiger partial charge on any atom is -0.490 e. The molecule has 1 saturated carbocycles. The molecule has 178 valence electrons. The normalized spacial score (nSPS) is 24.9. The van der Waals surface area contributed by atoms with Crippen molar-refractivity contribution in [3.63, 3.8) is 0 Å². The van der Waals surface area contributed by atoms with Crippen LogP contribution >= 0.6 is 0 Å². The molecule has 1 aliphatic rings. The van der Waals surface area contributed by atoms with Gasteiger partial charge in [-0.25, -0.2) is 4.39 Å². The van der Waals surface area contributed by atoms with Gasteiger partial charge in [0.2, 0.25) is 0 Å².